The van der Waals surface area contributed by atoms with Crippen molar-refractivity contribution in [3.63, 3.8) is 0 Å². The number of methoxy groups -OCH3 is 1. The van der Waals surface area contributed by atoms with Crippen molar-refractivity contribution in [2.45, 2.75) is 38.2 Å². The third-order valence-electron chi connectivity index (χ3n) is 4.04. The molecule has 2 atom stereocenters. The monoisotopic (exact) mass is 311 g/mol. The Bertz CT molecular complexity index is 492. The summed E-state index contributed by atoms with van der Waals surface area (Å²) in [5.41, 5.74) is 0.777. The molecule has 0 heterocycles. The summed E-state index contributed by atoms with van der Waals surface area (Å²) >= 11 is 6.12. The van der Waals surface area contributed by atoms with Gasteiger partial charge in [0.25, 0.3) is 0 Å². The second-order valence-electron chi connectivity index (χ2n) is 5.55. The van der Waals surface area contributed by atoms with Crippen molar-refractivity contribution in [3.05, 3.63) is 28.8 Å². The highest BCUT2D eigenvalue weighted by atomic mass is 35.5. The first-order valence-electron chi connectivity index (χ1n) is 7.37. The van der Waals surface area contributed by atoms with Crippen LogP contribution in [0.1, 0.15) is 31.2 Å². The Morgan fingerprint density at radius 3 is 2.86 bits per heavy atom. The second kappa shape index (κ2) is 7.66. The maximum Gasteiger partial charge on any atom is 0.224 e. The number of nitrogens with one attached hydrogen (secondary N) is 1. The summed E-state index contributed by atoms with van der Waals surface area (Å²) in [7, 11) is 1.58. The van der Waals surface area contributed by atoms with Crippen molar-refractivity contribution >= 4 is 17.5 Å². The molecule has 0 unspecified atom stereocenters. The molecule has 0 saturated heterocycles. The second-order valence-corrected chi connectivity index (χ2v) is 5.96. The molecular formula is C16H22ClNO3. The van der Waals surface area contributed by atoms with Crippen molar-refractivity contribution in [1.29, 1.82) is 0 Å². The minimum Gasteiger partial charge on any atom is -0.497 e. The minimum atomic E-state index is -0.288. The van der Waals surface area contributed by atoms with Gasteiger partial charge >= 0.3 is 0 Å². The summed E-state index contributed by atoms with van der Waals surface area (Å²) in [6.45, 7) is 0.535. The Balaban J connectivity index is 1.84. The zero-order chi connectivity index (χ0) is 15.2. The highest BCUT2D eigenvalue weighted by Crippen LogP contribution is 2.24. The van der Waals surface area contributed by atoms with E-state index in [4.69, 9.17) is 16.3 Å². The highest BCUT2D eigenvalue weighted by molar-refractivity contribution is 6.31. The lowest BCUT2D eigenvalue weighted by Crippen LogP contribution is -2.37. The van der Waals surface area contributed by atoms with Crippen LogP contribution in [0.4, 0.5) is 0 Å². The average Bonchev–Trinajstić information content (AvgIpc) is 2.48. The van der Waals surface area contributed by atoms with Crippen LogP contribution in [0.25, 0.3) is 0 Å². The molecule has 0 bridgehead atoms. The maximum absolute atomic E-state index is 12.0. The van der Waals surface area contributed by atoms with Crippen LogP contribution in [0.5, 0.6) is 5.75 Å². The molecule has 4 nitrogen and oxygen atoms in total. The summed E-state index contributed by atoms with van der Waals surface area (Å²) in [6, 6.07) is 5.30. The average molecular weight is 312 g/mol. The summed E-state index contributed by atoms with van der Waals surface area (Å²) in [6.07, 6.45) is 3.97. The molecular weight excluding hydrogens is 290 g/mol. The third-order valence-corrected chi connectivity index (χ3v) is 4.39. The van der Waals surface area contributed by atoms with Crippen LogP contribution in [-0.4, -0.2) is 30.8 Å². The fraction of sp³-hybridized carbons (Fsp3) is 0.562. The van der Waals surface area contributed by atoms with Gasteiger partial charge in [0.1, 0.15) is 5.75 Å². The Kier molecular flexibility index (Phi) is 5.88. The van der Waals surface area contributed by atoms with Crippen LogP contribution in [-0.2, 0) is 11.2 Å². The summed E-state index contributed by atoms with van der Waals surface area (Å²) in [4.78, 5) is 12.0. The SMILES string of the molecule is COc1ccc(CC(=O)NC[C@@H]2CCCC[C@@H]2O)c(Cl)c1. The molecule has 2 rings (SSSR count). The number of hydrogen-bond acceptors (Lipinski definition) is 3. The predicted molar refractivity (Wildman–Crippen MR) is 82.7 cm³/mol. The smallest absolute Gasteiger partial charge is 0.224 e. The van der Waals surface area contributed by atoms with Gasteiger partial charge in [-0.05, 0) is 30.5 Å². The van der Waals surface area contributed by atoms with Crippen LogP contribution < -0.4 is 10.1 Å². The summed E-state index contributed by atoms with van der Waals surface area (Å²) in [5, 5.41) is 13.3. The van der Waals surface area contributed by atoms with Crippen LogP contribution in [0.15, 0.2) is 18.2 Å². The van der Waals surface area contributed by atoms with E-state index in [0.717, 1.165) is 31.2 Å². The number of rotatable bonds is 5. The quantitative estimate of drug-likeness (QED) is 0.878. The Hall–Kier alpha value is -1.26. The highest BCUT2D eigenvalue weighted by Gasteiger charge is 2.23. The predicted octanol–water partition coefficient (Wildman–Crippen LogP) is 2.56. The molecule has 0 spiro atoms. The molecule has 1 amide bonds. The number of carbonyl (C=O) groups is 1. The molecule has 1 aliphatic rings. The van der Waals surface area contributed by atoms with Gasteiger partial charge in [0, 0.05) is 17.5 Å². The van der Waals surface area contributed by atoms with E-state index in [1.165, 1.54) is 0 Å². The molecule has 0 radical (unpaired) electrons. The largest absolute Gasteiger partial charge is 0.497 e. The minimum absolute atomic E-state index is 0.0696. The van der Waals surface area contributed by atoms with E-state index >= 15 is 0 Å². The van der Waals surface area contributed by atoms with Gasteiger partial charge in [-0.25, -0.2) is 0 Å². The number of carbonyl (C=O) groups excluding carboxylic acids is 1. The van der Waals surface area contributed by atoms with Gasteiger partial charge in [-0.15, -0.1) is 0 Å². The van der Waals surface area contributed by atoms with E-state index in [1.54, 1.807) is 25.3 Å². The molecule has 1 fully saturated rings. The fourth-order valence-electron chi connectivity index (χ4n) is 2.70. The van der Waals surface area contributed by atoms with Gasteiger partial charge in [-0.3, -0.25) is 4.79 Å². The van der Waals surface area contributed by atoms with Crippen molar-refractivity contribution < 1.29 is 14.6 Å². The fourth-order valence-corrected chi connectivity index (χ4v) is 2.94. The van der Waals surface area contributed by atoms with E-state index in [-0.39, 0.29) is 24.3 Å². The van der Waals surface area contributed by atoms with Crippen molar-refractivity contribution in [2.75, 3.05) is 13.7 Å². The number of amides is 1. The third kappa shape index (κ3) is 4.61. The number of halogens is 1. The maximum atomic E-state index is 12.0. The molecule has 5 heteroatoms. The normalized spacial score (nSPS) is 21.9. The molecule has 21 heavy (non-hydrogen) atoms. The Labute approximate surface area is 130 Å². The van der Waals surface area contributed by atoms with Gasteiger partial charge in [0.15, 0.2) is 0 Å². The van der Waals surface area contributed by atoms with Gasteiger partial charge in [0.05, 0.1) is 19.6 Å². The molecule has 1 aliphatic carbocycles. The first kappa shape index (κ1) is 16.1. The summed E-state index contributed by atoms with van der Waals surface area (Å²) in [5.74, 6) is 0.781. The molecule has 2 N–H and O–H groups in total. The van der Waals surface area contributed by atoms with Crippen LogP contribution >= 0.6 is 11.6 Å². The van der Waals surface area contributed by atoms with E-state index in [9.17, 15) is 9.90 Å². The number of aliphatic hydroxyl groups excluding tert-OH is 1. The lowest BCUT2D eigenvalue weighted by molar-refractivity contribution is -0.120. The molecule has 0 aliphatic heterocycles. The lowest BCUT2D eigenvalue weighted by Gasteiger charge is -2.27. The molecule has 1 aromatic rings. The zero-order valence-electron chi connectivity index (χ0n) is 12.3. The van der Waals surface area contributed by atoms with Gasteiger partial charge in [-0.2, -0.15) is 0 Å². The number of ether oxygens (including phenoxy) is 1. The van der Waals surface area contributed by atoms with Crippen molar-refractivity contribution in [3.8, 4) is 5.75 Å². The number of benzene rings is 1. The molecule has 0 aromatic heterocycles. The van der Waals surface area contributed by atoms with Gasteiger partial charge < -0.3 is 15.2 Å². The van der Waals surface area contributed by atoms with Crippen LogP contribution in [0.2, 0.25) is 5.02 Å². The van der Waals surface area contributed by atoms with Gasteiger partial charge in [-0.1, -0.05) is 30.5 Å². The van der Waals surface area contributed by atoms with E-state index in [1.807, 2.05) is 0 Å². The van der Waals surface area contributed by atoms with E-state index in [0.29, 0.717) is 17.3 Å². The van der Waals surface area contributed by atoms with Crippen LogP contribution in [0.3, 0.4) is 0 Å². The van der Waals surface area contributed by atoms with E-state index < -0.39 is 0 Å². The lowest BCUT2D eigenvalue weighted by atomic mass is 9.86. The standard InChI is InChI=1S/C16H22ClNO3/c1-21-13-7-6-11(14(17)9-13)8-16(20)18-10-12-4-2-3-5-15(12)19/h6-7,9,12,15,19H,2-5,8,10H2,1H3,(H,18,20)/t12-,15-/m0/s1. The molecule has 116 valence electrons. The van der Waals surface area contributed by atoms with Crippen molar-refractivity contribution in [2.24, 2.45) is 5.92 Å². The zero-order valence-corrected chi connectivity index (χ0v) is 13.0. The topological polar surface area (TPSA) is 58.6 Å². The first-order valence-corrected chi connectivity index (χ1v) is 7.75. The van der Waals surface area contributed by atoms with Crippen LogP contribution in [0, 0.1) is 5.92 Å². The Morgan fingerprint density at radius 1 is 1.43 bits per heavy atom. The number of hydrogen-bond donors (Lipinski definition) is 2. The number of aliphatic hydroxyl groups is 1. The van der Waals surface area contributed by atoms with E-state index in [2.05, 4.69) is 5.32 Å². The first-order chi connectivity index (χ1) is 10.1. The van der Waals surface area contributed by atoms with Gasteiger partial charge in [0.2, 0.25) is 5.91 Å². The Morgan fingerprint density at radius 2 is 2.19 bits per heavy atom. The molecule has 1 aromatic carbocycles. The molecule has 1 saturated carbocycles. The van der Waals surface area contributed by atoms with Crippen molar-refractivity contribution in [1.82, 2.24) is 5.32 Å². The summed E-state index contributed by atoms with van der Waals surface area (Å²) < 4.78 is 5.08.